The number of benzene rings is 2. The minimum Gasteiger partial charge on any atom is -0.486 e. The molecule has 0 amide bonds. The van der Waals surface area contributed by atoms with Crippen LogP contribution >= 0.6 is 0 Å². The van der Waals surface area contributed by atoms with E-state index in [9.17, 15) is 5.26 Å². The normalized spacial score (nSPS) is 12.1. The Bertz CT molecular complexity index is 891. The summed E-state index contributed by atoms with van der Waals surface area (Å²) in [5, 5.41) is 9.19. The summed E-state index contributed by atoms with van der Waals surface area (Å²) in [7, 11) is 0. The standard InChI is InChI=1S/C20H21N3O/c1-14(11-21)12-23-19-10-16(3)15(2)9-18(19)22-20(23)13-24-17-7-5-4-6-8-17/h4-10,14H,12-13H2,1-3H3. The van der Waals surface area contributed by atoms with Crippen molar-refractivity contribution in [2.24, 2.45) is 5.92 Å². The molecule has 1 atom stereocenters. The summed E-state index contributed by atoms with van der Waals surface area (Å²) in [6, 6.07) is 16.3. The first-order valence-corrected chi connectivity index (χ1v) is 8.12. The molecule has 24 heavy (non-hydrogen) atoms. The lowest BCUT2D eigenvalue weighted by molar-refractivity contribution is 0.288. The molecule has 0 saturated carbocycles. The molecule has 2 aromatic carbocycles. The van der Waals surface area contributed by atoms with Crippen LogP contribution in [0, 0.1) is 31.1 Å². The van der Waals surface area contributed by atoms with E-state index in [0.29, 0.717) is 13.2 Å². The predicted molar refractivity (Wildman–Crippen MR) is 94.8 cm³/mol. The average molecular weight is 319 g/mol. The van der Waals surface area contributed by atoms with Gasteiger partial charge in [0.1, 0.15) is 18.2 Å². The number of hydrogen-bond acceptors (Lipinski definition) is 3. The monoisotopic (exact) mass is 319 g/mol. The number of para-hydroxylation sites is 1. The van der Waals surface area contributed by atoms with Crippen LogP contribution in [-0.2, 0) is 13.2 Å². The molecule has 0 N–H and O–H groups in total. The molecule has 0 radical (unpaired) electrons. The summed E-state index contributed by atoms with van der Waals surface area (Å²) < 4.78 is 7.98. The zero-order chi connectivity index (χ0) is 17.1. The van der Waals surface area contributed by atoms with Crippen molar-refractivity contribution in [1.29, 1.82) is 5.26 Å². The number of ether oxygens (including phenoxy) is 1. The van der Waals surface area contributed by atoms with Gasteiger partial charge >= 0.3 is 0 Å². The van der Waals surface area contributed by atoms with E-state index in [0.717, 1.165) is 22.6 Å². The lowest BCUT2D eigenvalue weighted by Crippen LogP contribution is -2.11. The van der Waals surface area contributed by atoms with Gasteiger partial charge in [-0.2, -0.15) is 5.26 Å². The first kappa shape index (κ1) is 16.1. The lowest BCUT2D eigenvalue weighted by Gasteiger charge is -2.12. The van der Waals surface area contributed by atoms with Crippen molar-refractivity contribution < 1.29 is 4.74 Å². The number of aryl methyl sites for hydroxylation is 2. The number of rotatable bonds is 5. The van der Waals surface area contributed by atoms with E-state index in [1.54, 1.807) is 0 Å². The maximum absolute atomic E-state index is 9.19. The summed E-state index contributed by atoms with van der Waals surface area (Å²) in [5.74, 6) is 1.58. The molecule has 4 nitrogen and oxygen atoms in total. The van der Waals surface area contributed by atoms with Crippen molar-refractivity contribution >= 4 is 11.0 Å². The van der Waals surface area contributed by atoms with Crippen molar-refractivity contribution in [2.75, 3.05) is 0 Å². The first-order chi connectivity index (χ1) is 11.6. The van der Waals surface area contributed by atoms with Crippen LogP contribution in [-0.4, -0.2) is 9.55 Å². The maximum atomic E-state index is 9.19. The Morgan fingerprint density at radius 3 is 2.58 bits per heavy atom. The molecule has 1 heterocycles. The maximum Gasteiger partial charge on any atom is 0.148 e. The van der Waals surface area contributed by atoms with Crippen LogP contribution in [0.4, 0.5) is 0 Å². The fourth-order valence-electron chi connectivity index (χ4n) is 2.72. The van der Waals surface area contributed by atoms with Crippen LogP contribution in [0.3, 0.4) is 0 Å². The number of fused-ring (bicyclic) bond motifs is 1. The Kier molecular flexibility index (Phi) is 4.52. The second kappa shape index (κ2) is 6.76. The highest BCUT2D eigenvalue weighted by Gasteiger charge is 2.15. The van der Waals surface area contributed by atoms with E-state index in [1.807, 2.05) is 37.3 Å². The number of imidazole rings is 1. The SMILES string of the molecule is Cc1cc2nc(COc3ccccc3)n(CC(C)C#N)c2cc1C. The Morgan fingerprint density at radius 2 is 1.88 bits per heavy atom. The number of nitrogens with zero attached hydrogens (tertiary/aromatic N) is 3. The van der Waals surface area contributed by atoms with E-state index in [-0.39, 0.29) is 5.92 Å². The van der Waals surface area contributed by atoms with Gasteiger partial charge < -0.3 is 9.30 Å². The minimum absolute atomic E-state index is 0.0838. The zero-order valence-electron chi connectivity index (χ0n) is 14.3. The van der Waals surface area contributed by atoms with Crippen LogP contribution in [0.1, 0.15) is 23.9 Å². The predicted octanol–water partition coefficient (Wildman–Crippen LogP) is 4.39. The van der Waals surface area contributed by atoms with Crippen molar-refractivity contribution in [2.45, 2.75) is 33.9 Å². The Balaban J connectivity index is 1.98. The summed E-state index contributed by atoms with van der Waals surface area (Å²) in [6.07, 6.45) is 0. The molecule has 3 rings (SSSR count). The molecule has 1 unspecified atom stereocenters. The third-order valence-electron chi connectivity index (χ3n) is 4.23. The molecule has 3 aromatic rings. The third-order valence-corrected chi connectivity index (χ3v) is 4.23. The minimum atomic E-state index is -0.0838. The third kappa shape index (κ3) is 3.26. The van der Waals surface area contributed by atoms with Crippen LogP contribution < -0.4 is 4.74 Å². The molecule has 0 saturated heterocycles. The van der Waals surface area contributed by atoms with Gasteiger partial charge in [-0.25, -0.2) is 4.98 Å². The second-order valence-corrected chi connectivity index (χ2v) is 6.20. The highest BCUT2D eigenvalue weighted by atomic mass is 16.5. The Hall–Kier alpha value is -2.80. The molecule has 0 bridgehead atoms. The quantitative estimate of drug-likeness (QED) is 0.700. The van der Waals surface area contributed by atoms with Gasteiger partial charge in [0.15, 0.2) is 0 Å². The Morgan fingerprint density at radius 1 is 1.17 bits per heavy atom. The molecule has 4 heteroatoms. The van der Waals surface area contributed by atoms with E-state index in [2.05, 4.69) is 36.6 Å². The molecule has 1 aromatic heterocycles. The molecule has 0 aliphatic rings. The van der Waals surface area contributed by atoms with Crippen molar-refractivity contribution in [3.63, 3.8) is 0 Å². The molecular formula is C20H21N3O. The summed E-state index contributed by atoms with van der Waals surface area (Å²) in [4.78, 5) is 4.75. The largest absolute Gasteiger partial charge is 0.486 e. The molecule has 0 spiro atoms. The van der Waals surface area contributed by atoms with Gasteiger partial charge in [0.2, 0.25) is 0 Å². The number of nitriles is 1. The zero-order valence-corrected chi connectivity index (χ0v) is 14.3. The second-order valence-electron chi connectivity index (χ2n) is 6.20. The Labute approximate surface area is 142 Å². The fraction of sp³-hybridized carbons (Fsp3) is 0.300. The highest BCUT2D eigenvalue weighted by molar-refractivity contribution is 5.78. The van der Waals surface area contributed by atoms with E-state index in [4.69, 9.17) is 9.72 Å². The molecule has 122 valence electrons. The van der Waals surface area contributed by atoms with E-state index in [1.165, 1.54) is 11.1 Å². The lowest BCUT2D eigenvalue weighted by atomic mass is 10.1. The van der Waals surface area contributed by atoms with Crippen LogP contribution in [0.2, 0.25) is 0 Å². The fourth-order valence-corrected chi connectivity index (χ4v) is 2.72. The first-order valence-electron chi connectivity index (χ1n) is 8.12. The van der Waals surface area contributed by atoms with Gasteiger partial charge in [0.25, 0.3) is 0 Å². The summed E-state index contributed by atoms with van der Waals surface area (Å²) in [5.41, 5.74) is 4.46. The molecular weight excluding hydrogens is 298 g/mol. The van der Waals surface area contributed by atoms with Gasteiger partial charge in [0.05, 0.1) is 23.0 Å². The van der Waals surface area contributed by atoms with Crippen LogP contribution in [0.5, 0.6) is 5.75 Å². The van der Waals surface area contributed by atoms with Gasteiger partial charge in [-0.05, 0) is 56.2 Å². The number of hydrogen-bond donors (Lipinski definition) is 0. The van der Waals surface area contributed by atoms with Crippen LogP contribution in [0.15, 0.2) is 42.5 Å². The molecule has 0 aliphatic heterocycles. The van der Waals surface area contributed by atoms with E-state index >= 15 is 0 Å². The van der Waals surface area contributed by atoms with E-state index < -0.39 is 0 Å². The van der Waals surface area contributed by atoms with Gasteiger partial charge in [-0.15, -0.1) is 0 Å². The number of aromatic nitrogens is 2. The van der Waals surface area contributed by atoms with Gasteiger partial charge in [0, 0.05) is 6.54 Å². The molecule has 0 aliphatic carbocycles. The van der Waals surface area contributed by atoms with Gasteiger partial charge in [-0.3, -0.25) is 0 Å². The topological polar surface area (TPSA) is 50.8 Å². The van der Waals surface area contributed by atoms with Crippen molar-refractivity contribution in [3.8, 4) is 11.8 Å². The summed E-state index contributed by atoms with van der Waals surface area (Å²) in [6.45, 7) is 7.11. The van der Waals surface area contributed by atoms with Crippen molar-refractivity contribution in [3.05, 3.63) is 59.4 Å². The summed E-state index contributed by atoms with van der Waals surface area (Å²) >= 11 is 0. The van der Waals surface area contributed by atoms with Gasteiger partial charge in [-0.1, -0.05) is 18.2 Å². The molecule has 0 fully saturated rings. The average Bonchev–Trinajstić information content (AvgIpc) is 2.91. The van der Waals surface area contributed by atoms with Crippen LogP contribution in [0.25, 0.3) is 11.0 Å². The van der Waals surface area contributed by atoms with Crippen molar-refractivity contribution in [1.82, 2.24) is 9.55 Å². The highest BCUT2D eigenvalue weighted by Crippen LogP contribution is 2.23. The smallest absolute Gasteiger partial charge is 0.148 e.